The summed E-state index contributed by atoms with van der Waals surface area (Å²) < 4.78 is 25.6. The summed E-state index contributed by atoms with van der Waals surface area (Å²) in [5.41, 5.74) is 3.49. The molecule has 1 aromatic heterocycles. The first-order chi connectivity index (χ1) is 19.0. The highest BCUT2D eigenvalue weighted by Crippen LogP contribution is 2.35. The fourth-order valence-corrected chi connectivity index (χ4v) is 5.14. The van der Waals surface area contributed by atoms with Crippen molar-refractivity contribution in [1.29, 1.82) is 0 Å². The molecular formula is C30H32FN5O3. The molecule has 202 valence electrons. The van der Waals surface area contributed by atoms with Crippen LogP contribution in [0.3, 0.4) is 0 Å². The van der Waals surface area contributed by atoms with E-state index in [9.17, 15) is 9.18 Å². The molecule has 0 spiro atoms. The quantitative estimate of drug-likeness (QED) is 0.278. The summed E-state index contributed by atoms with van der Waals surface area (Å²) >= 11 is 0. The predicted octanol–water partition coefficient (Wildman–Crippen LogP) is 5.53. The van der Waals surface area contributed by atoms with Gasteiger partial charge in [-0.1, -0.05) is 18.2 Å². The summed E-state index contributed by atoms with van der Waals surface area (Å²) in [6.07, 6.45) is 2.13. The lowest BCUT2D eigenvalue weighted by Gasteiger charge is -2.31. The van der Waals surface area contributed by atoms with Gasteiger partial charge < -0.3 is 25.0 Å². The fraction of sp³-hybridized carbons (Fsp3) is 0.333. The Labute approximate surface area is 226 Å². The normalized spacial score (nSPS) is 16.7. The summed E-state index contributed by atoms with van der Waals surface area (Å²) in [5.74, 6) is 1.42. The van der Waals surface area contributed by atoms with Gasteiger partial charge in [-0.25, -0.2) is 4.39 Å². The monoisotopic (exact) mass is 529 g/mol. The second-order valence-corrected chi connectivity index (χ2v) is 10.4. The average molecular weight is 530 g/mol. The Bertz CT molecular complexity index is 1480. The third-order valence-corrected chi connectivity index (χ3v) is 7.56. The van der Waals surface area contributed by atoms with Crippen LogP contribution in [0, 0.1) is 11.7 Å². The highest BCUT2D eigenvalue weighted by atomic mass is 19.1. The number of fused-ring (bicyclic) bond motifs is 1. The van der Waals surface area contributed by atoms with Crippen molar-refractivity contribution in [3.8, 4) is 5.75 Å². The van der Waals surface area contributed by atoms with E-state index in [0.29, 0.717) is 54.4 Å². The molecule has 4 aromatic rings. The number of para-hydroxylation sites is 1. The number of anilines is 3. The van der Waals surface area contributed by atoms with E-state index < -0.39 is 0 Å². The third kappa shape index (κ3) is 5.60. The van der Waals surface area contributed by atoms with Crippen LogP contribution in [0.4, 0.5) is 21.6 Å². The average Bonchev–Trinajstić information content (AvgIpc) is 3.31. The molecule has 0 aliphatic carbocycles. The molecule has 0 radical (unpaired) electrons. The maximum atomic E-state index is 14.0. The number of amides is 1. The van der Waals surface area contributed by atoms with Gasteiger partial charge in [-0.2, -0.15) is 5.10 Å². The fourth-order valence-electron chi connectivity index (χ4n) is 5.14. The number of nitrogens with zero attached hydrogens (tertiary/aromatic N) is 2. The highest BCUT2D eigenvalue weighted by Gasteiger charge is 2.25. The second-order valence-electron chi connectivity index (χ2n) is 10.4. The van der Waals surface area contributed by atoms with Crippen molar-refractivity contribution in [3.05, 3.63) is 77.6 Å². The molecule has 3 heterocycles. The lowest BCUT2D eigenvalue weighted by atomic mass is 9.88. The Morgan fingerprint density at radius 2 is 1.95 bits per heavy atom. The Kier molecular flexibility index (Phi) is 7.17. The molecule has 0 bridgehead atoms. The molecule has 2 aliphatic rings. The van der Waals surface area contributed by atoms with Crippen molar-refractivity contribution in [2.75, 3.05) is 50.6 Å². The molecule has 2 fully saturated rings. The first kappa shape index (κ1) is 25.3. The summed E-state index contributed by atoms with van der Waals surface area (Å²) in [6.45, 7) is 4.11. The number of nitrogens with one attached hydrogen (secondary N) is 3. The summed E-state index contributed by atoms with van der Waals surface area (Å²) in [4.78, 5) is 15.6. The number of aromatic amines is 1. The lowest BCUT2D eigenvalue weighted by molar-refractivity contribution is -0.0510. The number of carbonyl (C=O) groups excluding carboxylic acids is 1. The van der Waals surface area contributed by atoms with Gasteiger partial charge in [0, 0.05) is 22.6 Å². The van der Waals surface area contributed by atoms with Crippen molar-refractivity contribution in [1.82, 2.24) is 15.1 Å². The molecule has 3 aromatic carbocycles. The van der Waals surface area contributed by atoms with Crippen LogP contribution in [0.1, 0.15) is 34.7 Å². The van der Waals surface area contributed by atoms with Gasteiger partial charge in [0.05, 0.1) is 31.0 Å². The van der Waals surface area contributed by atoms with Crippen LogP contribution in [-0.2, 0) is 4.74 Å². The number of halogens is 1. The molecule has 39 heavy (non-hydrogen) atoms. The Morgan fingerprint density at radius 3 is 2.72 bits per heavy atom. The minimum absolute atomic E-state index is 0.260. The maximum Gasteiger partial charge on any atom is 0.257 e. The number of carbonyl (C=O) groups is 1. The Hall–Kier alpha value is -3.95. The van der Waals surface area contributed by atoms with Gasteiger partial charge in [0.1, 0.15) is 11.6 Å². The van der Waals surface area contributed by atoms with Gasteiger partial charge in [0.25, 0.3) is 5.91 Å². The number of likely N-dealkylation sites (tertiary alicyclic amines) is 1. The molecule has 0 atom stereocenters. The first-order valence-electron chi connectivity index (χ1n) is 13.4. The van der Waals surface area contributed by atoms with Gasteiger partial charge in [0.2, 0.25) is 0 Å². The highest BCUT2D eigenvalue weighted by molar-refractivity contribution is 6.08. The van der Waals surface area contributed by atoms with Crippen LogP contribution in [0.15, 0.2) is 60.7 Å². The van der Waals surface area contributed by atoms with E-state index in [-0.39, 0.29) is 11.7 Å². The van der Waals surface area contributed by atoms with Gasteiger partial charge in [-0.05, 0) is 86.9 Å². The molecule has 0 saturated carbocycles. The van der Waals surface area contributed by atoms with Gasteiger partial charge >= 0.3 is 0 Å². The van der Waals surface area contributed by atoms with Crippen molar-refractivity contribution in [2.24, 2.45) is 5.92 Å². The molecule has 0 unspecified atom stereocenters. The number of piperidine rings is 1. The molecule has 3 N–H and O–H groups in total. The zero-order chi connectivity index (χ0) is 26.8. The van der Waals surface area contributed by atoms with Crippen LogP contribution in [0.5, 0.6) is 5.75 Å². The van der Waals surface area contributed by atoms with E-state index in [2.05, 4.69) is 32.8 Å². The van der Waals surface area contributed by atoms with Crippen molar-refractivity contribution < 1.29 is 18.7 Å². The number of rotatable bonds is 8. The van der Waals surface area contributed by atoms with E-state index >= 15 is 0 Å². The zero-order valence-electron chi connectivity index (χ0n) is 21.9. The van der Waals surface area contributed by atoms with Crippen molar-refractivity contribution >= 4 is 34.0 Å². The van der Waals surface area contributed by atoms with E-state index in [4.69, 9.17) is 9.47 Å². The van der Waals surface area contributed by atoms with Gasteiger partial charge in [-0.3, -0.25) is 9.89 Å². The van der Waals surface area contributed by atoms with Crippen LogP contribution in [0.2, 0.25) is 0 Å². The van der Waals surface area contributed by atoms with E-state index in [1.54, 1.807) is 18.2 Å². The van der Waals surface area contributed by atoms with E-state index in [0.717, 1.165) is 42.6 Å². The number of benzene rings is 3. The largest absolute Gasteiger partial charge is 0.493 e. The smallest absolute Gasteiger partial charge is 0.257 e. The third-order valence-electron chi connectivity index (χ3n) is 7.56. The van der Waals surface area contributed by atoms with Crippen LogP contribution >= 0.6 is 0 Å². The summed E-state index contributed by atoms with van der Waals surface area (Å²) in [5, 5.41) is 14.0. The lowest BCUT2D eigenvalue weighted by Crippen LogP contribution is -2.33. The Morgan fingerprint density at radius 1 is 1.13 bits per heavy atom. The van der Waals surface area contributed by atoms with Gasteiger partial charge in [0.15, 0.2) is 5.82 Å². The van der Waals surface area contributed by atoms with Crippen molar-refractivity contribution in [3.63, 3.8) is 0 Å². The van der Waals surface area contributed by atoms with E-state index in [1.165, 1.54) is 11.6 Å². The molecular weight excluding hydrogens is 497 g/mol. The predicted molar refractivity (Wildman–Crippen MR) is 149 cm³/mol. The minimum Gasteiger partial charge on any atom is -0.493 e. The summed E-state index contributed by atoms with van der Waals surface area (Å²) in [6, 6.07) is 17.8. The number of hydrogen-bond donors (Lipinski definition) is 3. The molecule has 8 nitrogen and oxygen atoms in total. The standard InChI is InChI=1S/C30H32FN5O3/c1-36-12-10-20(11-13-36)23-8-6-21(14-28(23)39-18-19-16-38-17-19)30(37)33-29-24-9-7-22(15-27(24)34-35-29)32-26-5-3-2-4-25(26)31/h2-9,14-15,19-20,32H,10-13,16-18H2,1H3,(H2,33,34,35,37). The second kappa shape index (κ2) is 11.0. The number of H-pyrrole nitrogens is 1. The molecule has 1 amide bonds. The van der Waals surface area contributed by atoms with Crippen LogP contribution in [-0.4, -0.2) is 61.0 Å². The molecule has 2 aliphatic heterocycles. The number of aromatic nitrogens is 2. The molecule has 6 rings (SSSR count). The van der Waals surface area contributed by atoms with Gasteiger partial charge in [-0.15, -0.1) is 0 Å². The Balaban J connectivity index is 1.19. The first-order valence-corrected chi connectivity index (χ1v) is 13.4. The van der Waals surface area contributed by atoms with Crippen molar-refractivity contribution in [2.45, 2.75) is 18.8 Å². The molecule has 9 heteroatoms. The van der Waals surface area contributed by atoms with E-state index in [1.807, 2.05) is 36.4 Å². The number of hydrogen-bond acceptors (Lipinski definition) is 6. The van der Waals surface area contributed by atoms with Crippen LogP contribution in [0.25, 0.3) is 10.9 Å². The SMILES string of the molecule is CN1CCC(c2ccc(C(=O)Nc3n[nH]c4cc(Nc5ccccc5F)ccc34)cc2OCC2COC2)CC1. The number of ether oxygens (including phenoxy) is 2. The minimum atomic E-state index is -0.332. The maximum absolute atomic E-state index is 14.0. The molecule has 2 saturated heterocycles. The summed E-state index contributed by atoms with van der Waals surface area (Å²) in [7, 11) is 2.15. The zero-order valence-corrected chi connectivity index (χ0v) is 21.9. The topological polar surface area (TPSA) is 91.5 Å². The van der Waals surface area contributed by atoms with Crippen LogP contribution < -0.4 is 15.4 Å².